The van der Waals surface area contributed by atoms with E-state index in [1.54, 1.807) is 24.5 Å². The van der Waals surface area contributed by atoms with Gasteiger partial charge in [-0.1, -0.05) is 25.1 Å². The van der Waals surface area contributed by atoms with Gasteiger partial charge in [0, 0.05) is 18.0 Å². The Labute approximate surface area is 122 Å². The van der Waals surface area contributed by atoms with Crippen LogP contribution in [-0.4, -0.2) is 13.2 Å². The number of furan rings is 1. The lowest BCUT2D eigenvalue weighted by Gasteiger charge is -2.21. The van der Waals surface area contributed by atoms with E-state index in [4.69, 9.17) is 4.42 Å². The van der Waals surface area contributed by atoms with Crippen molar-refractivity contribution < 1.29 is 17.9 Å². The van der Waals surface area contributed by atoms with E-state index in [2.05, 4.69) is 17.0 Å². The minimum absolute atomic E-state index is 0.133. The van der Waals surface area contributed by atoms with Crippen LogP contribution >= 0.6 is 0 Å². The van der Waals surface area contributed by atoms with Crippen LogP contribution in [0.5, 0.6) is 5.75 Å². The first-order valence-corrected chi connectivity index (χ1v) is 7.00. The third-order valence-electron chi connectivity index (χ3n) is 3.14. The van der Waals surface area contributed by atoms with Crippen LogP contribution < -0.4 is 10.1 Å². The molecule has 0 amide bonds. The van der Waals surface area contributed by atoms with Gasteiger partial charge in [0.25, 0.3) is 0 Å². The second-order valence-corrected chi connectivity index (χ2v) is 4.71. The van der Waals surface area contributed by atoms with Crippen LogP contribution in [0.4, 0.5) is 8.78 Å². The predicted octanol–water partition coefficient (Wildman–Crippen LogP) is 4.16. The first-order valence-electron chi connectivity index (χ1n) is 7.00. The molecular formula is C16H19F2NO2. The number of rotatable bonds is 8. The molecule has 0 radical (unpaired) electrons. The lowest BCUT2D eigenvalue weighted by molar-refractivity contribution is -0.0507. The van der Waals surface area contributed by atoms with Gasteiger partial charge in [0.05, 0.1) is 6.26 Å². The fraction of sp³-hybridized carbons (Fsp3) is 0.375. The predicted molar refractivity (Wildman–Crippen MR) is 76.5 cm³/mol. The number of halogens is 2. The maximum Gasteiger partial charge on any atom is 0.387 e. The average molecular weight is 295 g/mol. The van der Waals surface area contributed by atoms with Gasteiger partial charge in [-0.2, -0.15) is 8.78 Å². The van der Waals surface area contributed by atoms with Crippen molar-refractivity contribution in [2.75, 3.05) is 6.54 Å². The molecule has 1 atom stereocenters. The van der Waals surface area contributed by atoms with E-state index in [0.717, 1.165) is 18.7 Å². The number of benzene rings is 1. The summed E-state index contributed by atoms with van der Waals surface area (Å²) >= 11 is 0. The third-order valence-corrected chi connectivity index (χ3v) is 3.14. The molecule has 0 aliphatic heterocycles. The quantitative estimate of drug-likeness (QED) is 0.794. The second kappa shape index (κ2) is 7.78. The lowest BCUT2D eigenvalue weighted by atomic mass is 10.0. The van der Waals surface area contributed by atoms with Gasteiger partial charge in [-0.3, -0.25) is 0 Å². The fourth-order valence-electron chi connectivity index (χ4n) is 2.21. The van der Waals surface area contributed by atoms with E-state index < -0.39 is 6.61 Å². The molecule has 0 aliphatic carbocycles. The van der Waals surface area contributed by atoms with Crippen LogP contribution in [0.15, 0.2) is 47.1 Å². The van der Waals surface area contributed by atoms with Crippen LogP contribution in [0, 0.1) is 0 Å². The monoisotopic (exact) mass is 295 g/mol. The summed E-state index contributed by atoms with van der Waals surface area (Å²) in [6.07, 6.45) is 3.14. The lowest BCUT2D eigenvalue weighted by Crippen LogP contribution is -2.24. The molecule has 5 heteroatoms. The van der Waals surface area contributed by atoms with Crippen LogP contribution in [0.1, 0.15) is 30.7 Å². The third kappa shape index (κ3) is 4.56. The summed E-state index contributed by atoms with van der Waals surface area (Å²) in [7, 11) is 0. The molecule has 0 fully saturated rings. The van der Waals surface area contributed by atoms with Crippen LogP contribution in [0.25, 0.3) is 0 Å². The second-order valence-electron chi connectivity index (χ2n) is 4.71. The highest BCUT2D eigenvalue weighted by Gasteiger charge is 2.19. The zero-order chi connectivity index (χ0) is 15.1. The van der Waals surface area contributed by atoms with Gasteiger partial charge < -0.3 is 14.5 Å². The Balaban J connectivity index is 2.22. The molecule has 114 valence electrons. The summed E-state index contributed by atoms with van der Waals surface area (Å²) in [4.78, 5) is 0. The molecule has 1 heterocycles. The summed E-state index contributed by atoms with van der Waals surface area (Å²) in [5.74, 6) is 1.00. The molecule has 21 heavy (non-hydrogen) atoms. The summed E-state index contributed by atoms with van der Waals surface area (Å²) in [6, 6.07) is 10.4. The van der Waals surface area contributed by atoms with Crippen molar-refractivity contribution >= 4 is 0 Å². The molecule has 0 saturated heterocycles. The van der Waals surface area contributed by atoms with Crippen molar-refractivity contribution in [1.82, 2.24) is 5.32 Å². The smallest absolute Gasteiger partial charge is 0.387 e. The van der Waals surface area contributed by atoms with Crippen LogP contribution in [0.3, 0.4) is 0 Å². The Kier molecular flexibility index (Phi) is 5.75. The molecule has 0 saturated carbocycles. The largest absolute Gasteiger partial charge is 0.469 e. The molecule has 1 aromatic carbocycles. The topological polar surface area (TPSA) is 34.4 Å². The van der Waals surface area contributed by atoms with Crippen molar-refractivity contribution in [2.24, 2.45) is 0 Å². The Bertz CT molecular complexity index is 529. The van der Waals surface area contributed by atoms with Gasteiger partial charge in [0.1, 0.15) is 11.5 Å². The number of para-hydroxylation sites is 1. The molecule has 3 nitrogen and oxygen atoms in total. The zero-order valence-corrected chi connectivity index (χ0v) is 11.9. The molecule has 0 spiro atoms. The Morgan fingerprint density at radius 1 is 1.19 bits per heavy atom. The number of nitrogens with one attached hydrogen (secondary N) is 1. The minimum Gasteiger partial charge on any atom is -0.469 e. The molecular weight excluding hydrogens is 276 g/mol. The Morgan fingerprint density at radius 3 is 2.67 bits per heavy atom. The maximum atomic E-state index is 12.5. The van der Waals surface area contributed by atoms with Gasteiger partial charge in [-0.15, -0.1) is 0 Å². The molecule has 1 N–H and O–H groups in total. The van der Waals surface area contributed by atoms with Gasteiger partial charge in [0.15, 0.2) is 0 Å². The summed E-state index contributed by atoms with van der Waals surface area (Å²) in [6.45, 7) is 0.00832. The summed E-state index contributed by atoms with van der Waals surface area (Å²) in [5.41, 5.74) is 0.711. The number of hydrogen-bond acceptors (Lipinski definition) is 3. The SMILES string of the molecule is CCCNC(Cc1ccco1)c1ccccc1OC(F)F. The molecule has 1 unspecified atom stereocenters. The van der Waals surface area contributed by atoms with Crippen molar-refractivity contribution in [3.05, 3.63) is 54.0 Å². The van der Waals surface area contributed by atoms with E-state index in [0.29, 0.717) is 12.0 Å². The molecule has 1 aromatic heterocycles. The highest BCUT2D eigenvalue weighted by molar-refractivity contribution is 5.36. The highest BCUT2D eigenvalue weighted by Crippen LogP contribution is 2.29. The first kappa shape index (κ1) is 15.5. The maximum absolute atomic E-state index is 12.5. The van der Waals surface area contributed by atoms with Gasteiger partial charge in [-0.25, -0.2) is 0 Å². The van der Waals surface area contributed by atoms with E-state index >= 15 is 0 Å². The van der Waals surface area contributed by atoms with Gasteiger partial charge in [0.2, 0.25) is 0 Å². The van der Waals surface area contributed by atoms with E-state index in [1.165, 1.54) is 0 Å². The molecule has 0 bridgehead atoms. The molecule has 2 rings (SSSR count). The van der Waals surface area contributed by atoms with Crippen molar-refractivity contribution in [3.8, 4) is 5.75 Å². The first-order chi connectivity index (χ1) is 10.2. The standard InChI is InChI=1S/C16H19F2NO2/c1-2-9-19-14(11-12-6-5-10-20-12)13-7-3-4-8-15(13)21-16(17)18/h3-8,10,14,16,19H,2,9,11H2,1H3. The van der Waals surface area contributed by atoms with Crippen molar-refractivity contribution in [3.63, 3.8) is 0 Å². The summed E-state index contributed by atoms with van der Waals surface area (Å²) in [5, 5.41) is 3.35. The van der Waals surface area contributed by atoms with Crippen molar-refractivity contribution in [2.45, 2.75) is 32.4 Å². The van der Waals surface area contributed by atoms with Gasteiger partial charge >= 0.3 is 6.61 Å². The number of alkyl halides is 2. The Morgan fingerprint density at radius 2 is 2.00 bits per heavy atom. The zero-order valence-electron chi connectivity index (χ0n) is 11.9. The number of hydrogen-bond donors (Lipinski definition) is 1. The summed E-state index contributed by atoms with van der Waals surface area (Å²) < 4.78 is 35.0. The van der Waals surface area contributed by atoms with Crippen molar-refractivity contribution in [1.29, 1.82) is 0 Å². The van der Waals surface area contributed by atoms with E-state index in [9.17, 15) is 8.78 Å². The Hall–Kier alpha value is -1.88. The van der Waals surface area contributed by atoms with E-state index in [1.807, 2.05) is 18.2 Å². The molecule has 2 aromatic rings. The van der Waals surface area contributed by atoms with Gasteiger partial charge in [-0.05, 0) is 31.2 Å². The number of ether oxygens (including phenoxy) is 1. The average Bonchev–Trinajstić information content (AvgIpc) is 2.96. The normalized spacial score (nSPS) is 12.6. The fourth-order valence-corrected chi connectivity index (χ4v) is 2.21. The molecule has 0 aliphatic rings. The van der Waals surface area contributed by atoms with Crippen LogP contribution in [-0.2, 0) is 6.42 Å². The highest BCUT2D eigenvalue weighted by atomic mass is 19.3. The van der Waals surface area contributed by atoms with E-state index in [-0.39, 0.29) is 11.8 Å². The van der Waals surface area contributed by atoms with Crippen LogP contribution in [0.2, 0.25) is 0 Å². The minimum atomic E-state index is -2.83.